The van der Waals surface area contributed by atoms with Gasteiger partial charge in [-0.2, -0.15) is 0 Å². The van der Waals surface area contributed by atoms with Crippen LogP contribution in [0.3, 0.4) is 0 Å². The molecule has 0 saturated carbocycles. The summed E-state index contributed by atoms with van der Waals surface area (Å²) in [5.41, 5.74) is 0. The van der Waals surface area contributed by atoms with Gasteiger partial charge in [0.1, 0.15) is 48.8 Å². The molecule has 1 fully saturated rings. The SMILES string of the molecule is O=C[C@H](O)[C@@H](O)[C@H](O)[C@H](O)CO.O=P(O)(O)OC[C@H]1O[C@H](O)[C@H](O)[C@@H](O)[C@@H]1O. The van der Waals surface area contributed by atoms with Crippen LogP contribution in [0.4, 0.5) is 0 Å². The van der Waals surface area contributed by atoms with E-state index in [2.05, 4.69) is 9.26 Å². The van der Waals surface area contributed by atoms with Gasteiger partial charge in [0.05, 0.1) is 13.2 Å². The molecule has 9 atom stereocenters. The first kappa shape index (κ1) is 27.4. The lowest BCUT2D eigenvalue weighted by atomic mass is 10.00. The molecule has 28 heavy (non-hydrogen) atoms. The molecule has 1 rings (SSSR count). The summed E-state index contributed by atoms with van der Waals surface area (Å²) in [6.07, 6.45) is -14.9. The highest BCUT2D eigenvalue weighted by molar-refractivity contribution is 7.46. The van der Waals surface area contributed by atoms with Crippen LogP contribution in [0.5, 0.6) is 0 Å². The topological polar surface area (TPSA) is 275 Å². The molecule has 0 amide bonds. The van der Waals surface area contributed by atoms with E-state index in [1.54, 1.807) is 0 Å². The first-order valence-corrected chi connectivity index (χ1v) is 9.16. The van der Waals surface area contributed by atoms with E-state index in [-0.39, 0.29) is 6.29 Å². The Balaban J connectivity index is 0.000000546. The zero-order chi connectivity index (χ0) is 22.2. The molecule has 0 unspecified atom stereocenters. The third-order valence-corrected chi connectivity index (χ3v) is 4.00. The van der Waals surface area contributed by atoms with Gasteiger partial charge in [0.25, 0.3) is 0 Å². The number of hydrogen-bond acceptors (Lipinski definition) is 13. The summed E-state index contributed by atoms with van der Waals surface area (Å²) in [7, 11) is -4.73. The number of phosphoric ester groups is 1. The van der Waals surface area contributed by atoms with Crippen molar-refractivity contribution in [3.63, 3.8) is 0 Å². The molecular weight excluding hydrogens is 415 g/mol. The lowest BCUT2D eigenvalue weighted by molar-refractivity contribution is -0.285. The minimum atomic E-state index is -4.73. The summed E-state index contributed by atoms with van der Waals surface area (Å²) >= 11 is 0. The van der Waals surface area contributed by atoms with Crippen molar-refractivity contribution in [3.8, 4) is 0 Å². The lowest BCUT2D eigenvalue weighted by Gasteiger charge is -2.38. The number of hydrogen-bond donors (Lipinski definition) is 11. The Kier molecular flexibility index (Phi) is 11.9. The second-order valence-electron chi connectivity index (χ2n) is 5.68. The number of rotatable bonds is 8. The summed E-state index contributed by atoms with van der Waals surface area (Å²) in [5, 5.41) is 80.3. The average molecular weight is 440 g/mol. The summed E-state index contributed by atoms with van der Waals surface area (Å²) in [4.78, 5) is 26.7. The molecular formula is C12H25O15P. The molecule has 0 aromatic rings. The van der Waals surface area contributed by atoms with Crippen LogP contribution >= 0.6 is 7.82 Å². The number of aliphatic hydroxyl groups is 9. The van der Waals surface area contributed by atoms with Gasteiger partial charge in [0.15, 0.2) is 12.6 Å². The van der Waals surface area contributed by atoms with Crippen LogP contribution in [-0.4, -0.2) is 130 Å². The van der Waals surface area contributed by atoms with Gasteiger partial charge in [-0.25, -0.2) is 4.57 Å². The van der Waals surface area contributed by atoms with Crippen molar-refractivity contribution < 1.29 is 74.4 Å². The predicted molar refractivity (Wildman–Crippen MR) is 84.1 cm³/mol. The monoisotopic (exact) mass is 440 g/mol. The van der Waals surface area contributed by atoms with E-state index in [0.29, 0.717) is 0 Å². The largest absolute Gasteiger partial charge is 0.469 e. The van der Waals surface area contributed by atoms with Gasteiger partial charge in [0, 0.05) is 0 Å². The molecule has 16 heteroatoms. The van der Waals surface area contributed by atoms with Crippen LogP contribution in [0, 0.1) is 0 Å². The quantitative estimate of drug-likeness (QED) is 0.124. The number of carbonyl (C=O) groups is 1. The van der Waals surface area contributed by atoms with E-state index in [1.165, 1.54) is 0 Å². The fourth-order valence-electron chi connectivity index (χ4n) is 1.86. The van der Waals surface area contributed by atoms with Gasteiger partial charge < -0.3 is 65.3 Å². The molecule has 1 aliphatic heterocycles. The summed E-state index contributed by atoms with van der Waals surface area (Å²) < 4.78 is 19.0. The van der Waals surface area contributed by atoms with Crippen molar-refractivity contribution in [1.29, 1.82) is 0 Å². The number of carbonyl (C=O) groups excluding carboxylic acids is 1. The second-order valence-corrected chi connectivity index (χ2v) is 6.92. The van der Waals surface area contributed by atoms with Gasteiger partial charge >= 0.3 is 7.82 Å². The summed E-state index contributed by atoms with van der Waals surface area (Å²) in [6, 6.07) is 0. The van der Waals surface area contributed by atoms with E-state index < -0.39 is 76.2 Å². The molecule has 0 aromatic carbocycles. The molecule has 1 heterocycles. The molecule has 168 valence electrons. The van der Waals surface area contributed by atoms with E-state index in [1.807, 2.05) is 0 Å². The number of ether oxygens (including phenoxy) is 1. The highest BCUT2D eigenvalue weighted by Crippen LogP contribution is 2.36. The smallest absolute Gasteiger partial charge is 0.394 e. The van der Waals surface area contributed by atoms with Crippen LogP contribution in [0.1, 0.15) is 0 Å². The molecule has 0 bridgehead atoms. The Labute approximate surface area is 157 Å². The highest BCUT2D eigenvalue weighted by atomic mass is 31.2. The Bertz CT molecular complexity index is 499. The van der Waals surface area contributed by atoms with Crippen molar-refractivity contribution >= 4 is 14.1 Å². The molecule has 0 aromatic heterocycles. The summed E-state index contributed by atoms with van der Waals surface area (Å²) in [6.45, 7) is -1.49. The van der Waals surface area contributed by atoms with E-state index in [4.69, 9.17) is 45.5 Å². The van der Waals surface area contributed by atoms with Gasteiger partial charge in [0.2, 0.25) is 0 Å². The molecule has 1 aliphatic rings. The van der Waals surface area contributed by atoms with Crippen LogP contribution in [0.2, 0.25) is 0 Å². The first-order chi connectivity index (χ1) is 12.8. The van der Waals surface area contributed by atoms with E-state index in [0.717, 1.165) is 0 Å². The van der Waals surface area contributed by atoms with Crippen molar-refractivity contribution in [1.82, 2.24) is 0 Å². The number of aliphatic hydroxyl groups excluding tert-OH is 9. The fraction of sp³-hybridized carbons (Fsp3) is 0.917. The van der Waals surface area contributed by atoms with Crippen molar-refractivity contribution in [2.75, 3.05) is 13.2 Å². The Morgan fingerprint density at radius 1 is 0.964 bits per heavy atom. The van der Waals surface area contributed by atoms with Crippen LogP contribution < -0.4 is 0 Å². The number of aldehydes is 1. The second kappa shape index (κ2) is 12.2. The summed E-state index contributed by atoms with van der Waals surface area (Å²) in [5.74, 6) is 0. The molecule has 0 spiro atoms. The van der Waals surface area contributed by atoms with Gasteiger partial charge in [-0.05, 0) is 0 Å². The molecule has 0 aliphatic carbocycles. The maximum absolute atomic E-state index is 10.4. The van der Waals surface area contributed by atoms with Crippen molar-refractivity contribution in [3.05, 3.63) is 0 Å². The van der Waals surface area contributed by atoms with Gasteiger partial charge in [-0.1, -0.05) is 0 Å². The predicted octanol–water partition coefficient (Wildman–Crippen LogP) is -6.48. The third kappa shape index (κ3) is 8.81. The van der Waals surface area contributed by atoms with Crippen molar-refractivity contribution in [2.24, 2.45) is 0 Å². The molecule has 15 nitrogen and oxygen atoms in total. The molecule has 1 saturated heterocycles. The normalized spacial score (nSPS) is 32.5. The zero-order valence-electron chi connectivity index (χ0n) is 14.2. The maximum Gasteiger partial charge on any atom is 0.469 e. The average Bonchev–Trinajstić information content (AvgIpc) is 2.65. The van der Waals surface area contributed by atoms with Crippen molar-refractivity contribution in [2.45, 2.75) is 55.1 Å². The highest BCUT2D eigenvalue weighted by Gasteiger charge is 2.43. The first-order valence-electron chi connectivity index (χ1n) is 7.63. The third-order valence-electron chi connectivity index (χ3n) is 3.51. The minimum Gasteiger partial charge on any atom is -0.394 e. The Hall–Kier alpha value is -0.620. The maximum atomic E-state index is 10.4. The van der Waals surface area contributed by atoms with Crippen LogP contribution in [-0.2, 0) is 18.6 Å². The van der Waals surface area contributed by atoms with E-state index >= 15 is 0 Å². The number of phosphoric acid groups is 1. The minimum absolute atomic E-state index is 0.0258. The Morgan fingerprint density at radius 2 is 1.50 bits per heavy atom. The zero-order valence-corrected chi connectivity index (χ0v) is 15.1. The fourth-order valence-corrected chi connectivity index (χ4v) is 2.20. The van der Waals surface area contributed by atoms with Gasteiger partial charge in [-0.3, -0.25) is 4.52 Å². The Morgan fingerprint density at radius 3 is 1.93 bits per heavy atom. The molecule has 11 N–H and O–H groups in total. The van der Waals surface area contributed by atoms with E-state index in [9.17, 15) is 19.6 Å². The standard InChI is InChI=1S/C6H13O9P.C6H12O6/c7-3-2(1-14-16(11,12)13)15-6(10)5(9)4(3)8;7-1-3(9)5(11)6(12)4(10)2-8/h2-10H,1H2,(H2,11,12,13);1,3-6,8-12H,2H2/t2-,3-,4+,5-,6+;3-,4+,5+,6+/m10/s1. The lowest BCUT2D eigenvalue weighted by Crippen LogP contribution is -2.58. The molecule has 0 radical (unpaired) electrons. The van der Waals surface area contributed by atoms with Crippen LogP contribution in [0.25, 0.3) is 0 Å². The van der Waals surface area contributed by atoms with Crippen LogP contribution in [0.15, 0.2) is 0 Å². The van der Waals surface area contributed by atoms with Gasteiger partial charge in [-0.15, -0.1) is 0 Å².